The van der Waals surface area contributed by atoms with Gasteiger partial charge < -0.3 is 20.7 Å². The first-order valence-corrected chi connectivity index (χ1v) is 10.1. The molecule has 0 spiro atoms. The van der Waals surface area contributed by atoms with Crippen LogP contribution in [0.2, 0.25) is 0 Å². The van der Waals surface area contributed by atoms with Crippen molar-refractivity contribution in [3.8, 4) is 17.0 Å². The molecule has 3 aromatic rings. The van der Waals surface area contributed by atoms with Gasteiger partial charge in [0.25, 0.3) is 5.91 Å². The third-order valence-electron chi connectivity index (χ3n) is 5.07. The van der Waals surface area contributed by atoms with E-state index in [-0.39, 0.29) is 5.91 Å². The summed E-state index contributed by atoms with van der Waals surface area (Å²) < 4.78 is 5.27. The standard InChI is InChI=1S/C23H25N5O2/c1-3-4-11-24-20-9-8-17(18-14-26-22(29)21(18)20)19-10-12-25-23(28-19)27-15-6-5-7-16(13-15)30-2/h5-10,12-13,24H,3-4,11,14H2,1-2H3,(H,26,29)(H,25,27,28). The van der Waals surface area contributed by atoms with Gasteiger partial charge in [-0.05, 0) is 36.2 Å². The molecule has 4 rings (SSSR count). The van der Waals surface area contributed by atoms with Crippen molar-refractivity contribution < 1.29 is 9.53 Å². The molecule has 154 valence electrons. The fraction of sp³-hybridized carbons (Fsp3) is 0.261. The Morgan fingerprint density at radius 1 is 1.20 bits per heavy atom. The summed E-state index contributed by atoms with van der Waals surface area (Å²) >= 11 is 0. The second-order valence-electron chi connectivity index (χ2n) is 7.10. The second-order valence-corrected chi connectivity index (χ2v) is 7.10. The predicted octanol–water partition coefficient (Wildman–Crippen LogP) is 4.35. The van der Waals surface area contributed by atoms with Gasteiger partial charge in [0.2, 0.25) is 5.95 Å². The summed E-state index contributed by atoms with van der Waals surface area (Å²) in [4.78, 5) is 21.5. The van der Waals surface area contributed by atoms with E-state index >= 15 is 0 Å². The van der Waals surface area contributed by atoms with Gasteiger partial charge in [-0.3, -0.25) is 4.79 Å². The molecule has 7 heteroatoms. The highest BCUT2D eigenvalue weighted by Gasteiger charge is 2.26. The molecule has 1 amide bonds. The third-order valence-corrected chi connectivity index (χ3v) is 5.07. The van der Waals surface area contributed by atoms with Crippen LogP contribution in [0, 0.1) is 0 Å². The van der Waals surface area contributed by atoms with Crippen molar-refractivity contribution in [3.63, 3.8) is 0 Å². The van der Waals surface area contributed by atoms with Gasteiger partial charge in [-0.15, -0.1) is 0 Å². The molecule has 0 fully saturated rings. The first-order chi connectivity index (χ1) is 14.7. The maximum absolute atomic E-state index is 12.5. The molecule has 0 saturated heterocycles. The van der Waals surface area contributed by atoms with Gasteiger partial charge in [-0.1, -0.05) is 25.5 Å². The summed E-state index contributed by atoms with van der Waals surface area (Å²) in [5.74, 6) is 1.19. The highest BCUT2D eigenvalue weighted by atomic mass is 16.5. The summed E-state index contributed by atoms with van der Waals surface area (Å²) in [6.45, 7) is 3.49. The average Bonchev–Trinajstić information content (AvgIpc) is 3.16. The van der Waals surface area contributed by atoms with Crippen LogP contribution in [-0.2, 0) is 6.54 Å². The van der Waals surface area contributed by atoms with E-state index in [1.165, 1.54) is 0 Å². The van der Waals surface area contributed by atoms with Crippen molar-refractivity contribution in [3.05, 3.63) is 59.8 Å². The molecule has 7 nitrogen and oxygen atoms in total. The third kappa shape index (κ3) is 4.05. The van der Waals surface area contributed by atoms with Crippen molar-refractivity contribution in [1.29, 1.82) is 0 Å². The number of hydrogen-bond acceptors (Lipinski definition) is 6. The van der Waals surface area contributed by atoms with E-state index in [4.69, 9.17) is 4.74 Å². The summed E-state index contributed by atoms with van der Waals surface area (Å²) in [5.41, 5.74) is 5.09. The van der Waals surface area contributed by atoms with Crippen molar-refractivity contribution >= 4 is 23.2 Å². The van der Waals surface area contributed by atoms with Gasteiger partial charge in [0.1, 0.15) is 5.75 Å². The number of ether oxygens (including phenoxy) is 1. The van der Waals surface area contributed by atoms with Crippen LogP contribution in [0.3, 0.4) is 0 Å². The number of unbranched alkanes of at least 4 members (excludes halogenated alkanes) is 1. The fourth-order valence-electron chi connectivity index (χ4n) is 3.53. The zero-order chi connectivity index (χ0) is 20.9. The summed E-state index contributed by atoms with van der Waals surface area (Å²) in [6, 6.07) is 13.4. The Morgan fingerprint density at radius 2 is 2.10 bits per heavy atom. The average molecular weight is 403 g/mol. The molecule has 2 aromatic carbocycles. The predicted molar refractivity (Wildman–Crippen MR) is 118 cm³/mol. The number of carbonyl (C=O) groups is 1. The molecule has 1 aliphatic rings. The lowest BCUT2D eigenvalue weighted by molar-refractivity contribution is 0.0966. The van der Waals surface area contributed by atoms with E-state index in [2.05, 4.69) is 32.8 Å². The van der Waals surface area contributed by atoms with Crippen LogP contribution in [0.1, 0.15) is 35.7 Å². The number of rotatable bonds is 8. The van der Waals surface area contributed by atoms with Gasteiger partial charge in [0.05, 0.1) is 18.4 Å². The molecule has 2 heterocycles. The Bertz CT molecular complexity index is 1070. The molecule has 3 N–H and O–H groups in total. The number of hydrogen-bond donors (Lipinski definition) is 3. The zero-order valence-corrected chi connectivity index (χ0v) is 17.2. The van der Waals surface area contributed by atoms with E-state index < -0.39 is 0 Å². The van der Waals surface area contributed by atoms with Crippen LogP contribution in [0.4, 0.5) is 17.3 Å². The van der Waals surface area contributed by atoms with Crippen LogP contribution in [-0.4, -0.2) is 29.5 Å². The van der Waals surface area contributed by atoms with E-state index in [1.807, 2.05) is 42.5 Å². The van der Waals surface area contributed by atoms with Crippen molar-refractivity contribution in [2.45, 2.75) is 26.3 Å². The maximum Gasteiger partial charge on any atom is 0.254 e. The minimum absolute atomic E-state index is 0.0466. The van der Waals surface area contributed by atoms with Crippen LogP contribution < -0.4 is 20.7 Å². The van der Waals surface area contributed by atoms with E-state index in [0.717, 1.165) is 53.3 Å². The summed E-state index contributed by atoms with van der Waals surface area (Å²) in [6.07, 6.45) is 3.88. The van der Waals surface area contributed by atoms with E-state index in [9.17, 15) is 4.79 Å². The number of carbonyl (C=O) groups excluding carboxylic acids is 1. The normalized spacial score (nSPS) is 12.3. The summed E-state index contributed by atoms with van der Waals surface area (Å²) in [7, 11) is 1.63. The van der Waals surface area contributed by atoms with Gasteiger partial charge in [0.15, 0.2) is 0 Å². The van der Waals surface area contributed by atoms with Crippen molar-refractivity contribution in [2.75, 3.05) is 24.3 Å². The van der Waals surface area contributed by atoms with Crippen LogP contribution in [0.25, 0.3) is 11.3 Å². The Kier molecular flexibility index (Phi) is 5.79. The summed E-state index contributed by atoms with van der Waals surface area (Å²) in [5, 5.41) is 9.55. The molecule has 0 saturated carbocycles. The number of nitrogens with zero attached hydrogens (tertiary/aromatic N) is 2. The van der Waals surface area contributed by atoms with Crippen LogP contribution >= 0.6 is 0 Å². The number of nitrogens with one attached hydrogen (secondary N) is 3. The number of methoxy groups -OCH3 is 1. The topological polar surface area (TPSA) is 88.2 Å². The lowest BCUT2D eigenvalue weighted by atomic mass is 9.98. The number of aromatic nitrogens is 2. The van der Waals surface area contributed by atoms with Crippen molar-refractivity contribution in [1.82, 2.24) is 15.3 Å². The first-order valence-electron chi connectivity index (χ1n) is 10.1. The molecule has 0 bridgehead atoms. The SMILES string of the molecule is CCCCNc1ccc(-c2ccnc(Nc3cccc(OC)c3)n2)c2c1C(=O)NC2. The van der Waals surface area contributed by atoms with Gasteiger partial charge in [-0.2, -0.15) is 0 Å². The van der Waals surface area contributed by atoms with Gasteiger partial charge in [0, 0.05) is 42.3 Å². The first kappa shape index (κ1) is 19.7. The molecule has 0 unspecified atom stereocenters. The number of anilines is 3. The number of fused-ring (bicyclic) bond motifs is 1. The second kappa shape index (κ2) is 8.82. The molecule has 0 aliphatic carbocycles. The Labute approximate surface area is 175 Å². The Hall–Kier alpha value is -3.61. The van der Waals surface area contributed by atoms with Crippen LogP contribution in [0.15, 0.2) is 48.7 Å². The van der Waals surface area contributed by atoms with Crippen LogP contribution in [0.5, 0.6) is 5.75 Å². The lowest BCUT2D eigenvalue weighted by Gasteiger charge is -2.13. The molecular formula is C23H25N5O2. The zero-order valence-electron chi connectivity index (χ0n) is 17.2. The maximum atomic E-state index is 12.5. The fourth-order valence-corrected chi connectivity index (χ4v) is 3.53. The minimum Gasteiger partial charge on any atom is -0.497 e. The molecule has 1 aromatic heterocycles. The van der Waals surface area contributed by atoms with E-state index in [0.29, 0.717) is 18.1 Å². The largest absolute Gasteiger partial charge is 0.497 e. The van der Waals surface area contributed by atoms with Gasteiger partial charge >= 0.3 is 0 Å². The Balaban J connectivity index is 1.64. The molecule has 0 atom stereocenters. The molecular weight excluding hydrogens is 378 g/mol. The highest BCUT2D eigenvalue weighted by Crippen LogP contribution is 2.33. The molecule has 0 radical (unpaired) electrons. The quantitative estimate of drug-likeness (QED) is 0.485. The number of amides is 1. The smallest absolute Gasteiger partial charge is 0.254 e. The molecule has 30 heavy (non-hydrogen) atoms. The van der Waals surface area contributed by atoms with Crippen molar-refractivity contribution in [2.24, 2.45) is 0 Å². The minimum atomic E-state index is -0.0466. The molecule has 1 aliphatic heterocycles. The number of benzene rings is 2. The van der Waals surface area contributed by atoms with Gasteiger partial charge in [-0.25, -0.2) is 9.97 Å². The highest BCUT2D eigenvalue weighted by molar-refractivity contribution is 6.05. The van der Waals surface area contributed by atoms with E-state index in [1.54, 1.807) is 13.3 Å². The Morgan fingerprint density at radius 3 is 2.93 bits per heavy atom. The lowest BCUT2D eigenvalue weighted by Crippen LogP contribution is -2.14. The monoisotopic (exact) mass is 403 g/mol.